The quantitative estimate of drug-likeness (QED) is 0.751. The summed E-state index contributed by atoms with van der Waals surface area (Å²) < 4.78 is 0. The summed E-state index contributed by atoms with van der Waals surface area (Å²) in [7, 11) is 0. The Morgan fingerprint density at radius 3 is 2.69 bits per heavy atom. The van der Waals surface area contributed by atoms with Crippen molar-refractivity contribution in [1.82, 2.24) is 5.32 Å². The van der Waals surface area contributed by atoms with E-state index >= 15 is 0 Å². The van der Waals surface area contributed by atoms with E-state index in [1.54, 1.807) is 0 Å². The third-order valence-electron chi connectivity index (χ3n) is 2.98. The Hall–Kier alpha value is -0.240. The molecule has 1 aliphatic carbocycles. The fourth-order valence-corrected chi connectivity index (χ4v) is 2.13. The van der Waals surface area contributed by atoms with Crippen LogP contribution < -0.4 is 5.32 Å². The molecular formula is C13H17Cl2N. The van der Waals surface area contributed by atoms with Crippen LogP contribution in [-0.4, -0.2) is 6.54 Å². The zero-order chi connectivity index (χ0) is 11.4. The lowest BCUT2D eigenvalue weighted by atomic mass is 10.2. The van der Waals surface area contributed by atoms with Gasteiger partial charge in [-0.05, 0) is 43.0 Å². The molecule has 0 saturated heterocycles. The molecular weight excluding hydrogens is 241 g/mol. The lowest BCUT2D eigenvalue weighted by Gasteiger charge is -2.05. The van der Waals surface area contributed by atoms with Crippen LogP contribution >= 0.6 is 23.2 Å². The lowest BCUT2D eigenvalue weighted by molar-refractivity contribution is 0.594. The van der Waals surface area contributed by atoms with Gasteiger partial charge in [0.05, 0.1) is 10.0 Å². The number of halogens is 2. The van der Waals surface area contributed by atoms with Crippen molar-refractivity contribution in [2.24, 2.45) is 5.92 Å². The van der Waals surface area contributed by atoms with Crippen LogP contribution in [0.3, 0.4) is 0 Å². The molecule has 1 saturated carbocycles. The Morgan fingerprint density at radius 1 is 1.19 bits per heavy atom. The molecule has 0 atom stereocenters. The maximum Gasteiger partial charge on any atom is 0.0595 e. The lowest BCUT2D eigenvalue weighted by Crippen LogP contribution is -2.14. The molecule has 1 N–H and O–H groups in total. The molecule has 0 radical (unpaired) electrons. The minimum Gasteiger partial charge on any atom is -0.313 e. The minimum absolute atomic E-state index is 0.624. The van der Waals surface area contributed by atoms with Crippen molar-refractivity contribution in [3.8, 4) is 0 Å². The van der Waals surface area contributed by atoms with E-state index in [2.05, 4.69) is 5.32 Å². The summed E-state index contributed by atoms with van der Waals surface area (Å²) in [6.45, 7) is 1.97. The van der Waals surface area contributed by atoms with Crippen LogP contribution in [0.15, 0.2) is 18.2 Å². The summed E-state index contributed by atoms with van der Waals surface area (Å²) in [5.74, 6) is 1.03. The van der Waals surface area contributed by atoms with Gasteiger partial charge in [0.2, 0.25) is 0 Å². The van der Waals surface area contributed by atoms with Crippen LogP contribution in [0, 0.1) is 5.92 Å². The smallest absolute Gasteiger partial charge is 0.0595 e. The van der Waals surface area contributed by atoms with Crippen LogP contribution in [0.25, 0.3) is 0 Å². The fourth-order valence-electron chi connectivity index (χ4n) is 1.80. The van der Waals surface area contributed by atoms with E-state index in [1.165, 1.54) is 31.2 Å². The summed E-state index contributed by atoms with van der Waals surface area (Å²) in [6, 6.07) is 5.80. The maximum atomic E-state index is 5.94. The first-order valence-corrected chi connectivity index (χ1v) is 6.66. The third kappa shape index (κ3) is 3.97. The standard InChI is InChI=1S/C13H17Cl2N/c14-12-6-5-11(8-13(12)15)9-16-7-1-2-10-3-4-10/h5-6,8,10,16H,1-4,7,9H2. The average Bonchev–Trinajstić information content (AvgIpc) is 3.07. The van der Waals surface area contributed by atoms with Gasteiger partial charge in [0.1, 0.15) is 0 Å². The second-order valence-electron chi connectivity index (χ2n) is 4.51. The van der Waals surface area contributed by atoms with E-state index in [0.717, 1.165) is 19.0 Å². The molecule has 88 valence electrons. The van der Waals surface area contributed by atoms with E-state index < -0.39 is 0 Å². The monoisotopic (exact) mass is 257 g/mol. The topological polar surface area (TPSA) is 12.0 Å². The molecule has 0 heterocycles. The van der Waals surface area contributed by atoms with E-state index in [1.807, 2.05) is 18.2 Å². The van der Waals surface area contributed by atoms with Crippen molar-refractivity contribution in [2.45, 2.75) is 32.2 Å². The Balaban J connectivity index is 1.65. The van der Waals surface area contributed by atoms with E-state index in [-0.39, 0.29) is 0 Å². The van der Waals surface area contributed by atoms with Crippen molar-refractivity contribution in [2.75, 3.05) is 6.54 Å². The predicted molar refractivity (Wildman–Crippen MR) is 70.1 cm³/mol. The first-order valence-electron chi connectivity index (χ1n) is 5.90. The van der Waals surface area contributed by atoms with Crippen molar-refractivity contribution < 1.29 is 0 Å². The zero-order valence-corrected chi connectivity index (χ0v) is 10.8. The molecule has 16 heavy (non-hydrogen) atoms. The van der Waals surface area contributed by atoms with Crippen LogP contribution in [0.5, 0.6) is 0 Å². The van der Waals surface area contributed by atoms with Gasteiger partial charge in [-0.25, -0.2) is 0 Å². The molecule has 1 aromatic carbocycles. The number of benzene rings is 1. The molecule has 0 aliphatic heterocycles. The molecule has 1 fully saturated rings. The Kier molecular flexibility index (Phi) is 4.51. The van der Waals surface area contributed by atoms with Gasteiger partial charge in [-0.1, -0.05) is 42.1 Å². The molecule has 2 rings (SSSR count). The minimum atomic E-state index is 0.624. The molecule has 0 spiro atoms. The van der Waals surface area contributed by atoms with Crippen LogP contribution in [0.4, 0.5) is 0 Å². The molecule has 1 aromatic rings. The molecule has 0 amide bonds. The molecule has 1 aliphatic rings. The van der Waals surface area contributed by atoms with E-state index in [4.69, 9.17) is 23.2 Å². The molecule has 0 aromatic heterocycles. The summed E-state index contributed by atoms with van der Waals surface area (Å²) in [5, 5.41) is 4.69. The molecule has 3 heteroatoms. The zero-order valence-electron chi connectivity index (χ0n) is 9.31. The maximum absolute atomic E-state index is 5.94. The third-order valence-corrected chi connectivity index (χ3v) is 3.72. The first kappa shape index (κ1) is 12.2. The Bertz CT molecular complexity index is 348. The second kappa shape index (κ2) is 5.90. The molecule has 0 bridgehead atoms. The highest BCUT2D eigenvalue weighted by atomic mass is 35.5. The average molecular weight is 258 g/mol. The number of nitrogens with one attached hydrogen (secondary N) is 1. The van der Waals surface area contributed by atoms with Crippen LogP contribution in [0.2, 0.25) is 10.0 Å². The van der Waals surface area contributed by atoms with Gasteiger partial charge in [-0.15, -0.1) is 0 Å². The summed E-state index contributed by atoms with van der Waals surface area (Å²) in [4.78, 5) is 0. The van der Waals surface area contributed by atoms with Crippen LogP contribution in [-0.2, 0) is 6.54 Å². The summed E-state index contributed by atoms with van der Waals surface area (Å²) in [6.07, 6.45) is 5.57. The SMILES string of the molecule is Clc1ccc(CNCCCC2CC2)cc1Cl. The van der Waals surface area contributed by atoms with Gasteiger partial charge >= 0.3 is 0 Å². The van der Waals surface area contributed by atoms with Gasteiger partial charge in [0, 0.05) is 6.54 Å². The second-order valence-corrected chi connectivity index (χ2v) is 5.33. The predicted octanol–water partition coefficient (Wildman–Crippen LogP) is 4.27. The Labute approximate surface area is 107 Å². The normalized spacial score (nSPS) is 15.4. The van der Waals surface area contributed by atoms with Crippen molar-refractivity contribution in [3.63, 3.8) is 0 Å². The molecule has 0 unspecified atom stereocenters. The van der Waals surface area contributed by atoms with Crippen molar-refractivity contribution in [1.29, 1.82) is 0 Å². The van der Waals surface area contributed by atoms with Gasteiger partial charge in [0.15, 0.2) is 0 Å². The van der Waals surface area contributed by atoms with Crippen molar-refractivity contribution >= 4 is 23.2 Å². The first-order chi connectivity index (χ1) is 7.75. The highest BCUT2D eigenvalue weighted by molar-refractivity contribution is 6.42. The molecule has 1 nitrogen and oxygen atoms in total. The highest BCUT2D eigenvalue weighted by Crippen LogP contribution is 2.33. The van der Waals surface area contributed by atoms with Gasteiger partial charge < -0.3 is 5.32 Å². The largest absolute Gasteiger partial charge is 0.313 e. The van der Waals surface area contributed by atoms with Gasteiger partial charge in [-0.3, -0.25) is 0 Å². The number of hydrogen-bond donors (Lipinski definition) is 1. The van der Waals surface area contributed by atoms with Gasteiger partial charge in [-0.2, -0.15) is 0 Å². The van der Waals surface area contributed by atoms with E-state index in [0.29, 0.717) is 10.0 Å². The Morgan fingerprint density at radius 2 is 2.00 bits per heavy atom. The summed E-state index contributed by atoms with van der Waals surface area (Å²) in [5.41, 5.74) is 1.20. The summed E-state index contributed by atoms with van der Waals surface area (Å²) >= 11 is 11.8. The fraction of sp³-hybridized carbons (Fsp3) is 0.538. The van der Waals surface area contributed by atoms with Gasteiger partial charge in [0.25, 0.3) is 0 Å². The number of hydrogen-bond acceptors (Lipinski definition) is 1. The van der Waals surface area contributed by atoms with Crippen molar-refractivity contribution in [3.05, 3.63) is 33.8 Å². The highest BCUT2D eigenvalue weighted by Gasteiger charge is 2.19. The van der Waals surface area contributed by atoms with Crippen LogP contribution in [0.1, 0.15) is 31.2 Å². The number of rotatable bonds is 6. The van der Waals surface area contributed by atoms with E-state index in [9.17, 15) is 0 Å².